The number of hydrogen-bond acceptors (Lipinski definition) is 3. The number of nitrogens with zero attached hydrogens (tertiary/aromatic N) is 3. The summed E-state index contributed by atoms with van der Waals surface area (Å²) in [7, 11) is 2.01. The van der Waals surface area contributed by atoms with Gasteiger partial charge in [-0.15, -0.1) is 0 Å². The minimum atomic E-state index is 0.346. The second kappa shape index (κ2) is 5.17. The first-order valence-corrected chi connectivity index (χ1v) is 6.71. The van der Waals surface area contributed by atoms with Crippen molar-refractivity contribution >= 4 is 0 Å². The molecule has 0 amide bonds. The number of nitrogens with two attached hydrogens (primary N) is 1. The van der Waals surface area contributed by atoms with Crippen molar-refractivity contribution in [2.24, 2.45) is 18.7 Å². The number of aromatic nitrogens is 3. The highest BCUT2D eigenvalue weighted by Gasteiger charge is 2.25. The van der Waals surface area contributed by atoms with Crippen LogP contribution in [0.3, 0.4) is 0 Å². The van der Waals surface area contributed by atoms with Gasteiger partial charge in [0.25, 0.3) is 0 Å². The summed E-state index contributed by atoms with van der Waals surface area (Å²) in [5.74, 6) is 3.24. The Labute approximate surface area is 104 Å². The summed E-state index contributed by atoms with van der Waals surface area (Å²) >= 11 is 0. The summed E-state index contributed by atoms with van der Waals surface area (Å²) in [6.07, 6.45) is 5.62. The number of rotatable bonds is 3. The van der Waals surface area contributed by atoms with E-state index in [0.29, 0.717) is 17.9 Å². The predicted molar refractivity (Wildman–Crippen MR) is 68.7 cm³/mol. The third kappa shape index (κ3) is 3.06. The van der Waals surface area contributed by atoms with Crippen molar-refractivity contribution in [3.05, 3.63) is 11.6 Å². The van der Waals surface area contributed by atoms with Crippen LogP contribution in [0.5, 0.6) is 0 Å². The number of aryl methyl sites for hydroxylation is 1. The molecule has 1 aliphatic rings. The van der Waals surface area contributed by atoms with Gasteiger partial charge in [0.05, 0.1) is 0 Å². The van der Waals surface area contributed by atoms with Gasteiger partial charge in [-0.25, -0.2) is 4.98 Å². The maximum atomic E-state index is 6.04. The third-order valence-corrected chi connectivity index (χ3v) is 3.51. The molecule has 1 aromatic heterocycles. The molecule has 2 rings (SSSR count). The molecule has 2 unspecified atom stereocenters. The summed E-state index contributed by atoms with van der Waals surface area (Å²) in [6.45, 7) is 4.40. The van der Waals surface area contributed by atoms with Crippen molar-refractivity contribution in [2.45, 2.75) is 57.9 Å². The lowest BCUT2D eigenvalue weighted by atomic mass is 9.85. The fourth-order valence-electron chi connectivity index (χ4n) is 2.72. The van der Waals surface area contributed by atoms with Crippen LogP contribution in [0.1, 0.15) is 57.1 Å². The van der Waals surface area contributed by atoms with Gasteiger partial charge in [0.2, 0.25) is 0 Å². The molecule has 1 fully saturated rings. The zero-order chi connectivity index (χ0) is 12.4. The van der Waals surface area contributed by atoms with Crippen LogP contribution in [0.4, 0.5) is 0 Å². The Hall–Kier alpha value is -0.900. The molecule has 2 atom stereocenters. The van der Waals surface area contributed by atoms with E-state index >= 15 is 0 Å². The lowest BCUT2D eigenvalue weighted by Crippen LogP contribution is -2.28. The minimum absolute atomic E-state index is 0.346. The van der Waals surface area contributed by atoms with Crippen molar-refractivity contribution in [3.63, 3.8) is 0 Å². The Morgan fingerprint density at radius 3 is 2.82 bits per heavy atom. The Balaban J connectivity index is 2.11. The van der Waals surface area contributed by atoms with Crippen LogP contribution in [0.25, 0.3) is 0 Å². The largest absolute Gasteiger partial charge is 0.328 e. The van der Waals surface area contributed by atoms with E-state index in [4.69, 9.17) is 10.7 Å². The van der Waals surface area contributed by atoms with Crippen LogP contribution in [0, 0.1) is 5.92 Å². The van der Waals surface area contributed by atoms with Gasteiger partial charge in [-0.2, -0.15) is 5.10 Å². The molecule has 0 saturated heterocycles. The molecular weight excluding hydrogens is 212 g/mol. The van der Waals surface area contributed by atoms with Crippen LogP contribution in [0.2, 0.25) is 0 Å². The average molecular weight is 236 g/mol. The Bertz CT molecular complexity index is 369. The normalized spacial score (nSPS) is 25.5. The molecule has 1 aliphatic carbocycles. The Morgan fingerprint density at radius 2 is 2.18 bits per heavy atom. The van der Waals surface area contributed by atoms with Crippen molar-refractivity contribution in [2.75, 3.05) is 0 Å². The SMILES string of the molecule is CC(C)Cc1nc(C2CCCC(N)C2)n(C)n1. The fraction of sp³-hybridized carbons (Fsp3) is 0.846. The highest BCUT2D eigenvalue weighted by atomic mass is 15.3. The van der Waals surface area contributed by atoms with Gasteiger partial charge in [-0.3, -0.25) is 4.68 Å². The third-order valence-electron chi connectivity index (χ3n) is 3.51. The quantitative estimate of drug-likeness (QED) is 0.873. The van der Waals surface area contributed by atoms with E-state index in [9.17, 15) is 0 Å². The first kappa shape index (κ1) is 12.6. The minimum Gasteiger partial charge on any atom is -0.328 e. The molecule has 0 radical (unpaired) electrons. The van der Waals surface area contributed by atoms with Crippen LogP contribution in [0.15, 0.2) is 0 Å². The zero-order valence-corrected chi connectivity index (χ0v) is 11.2. The van der Waals surface area contributed by atoms with Crippen molar-refractivity contribution in [1.29, 1.82) is 0 Å². The summed E-state index contributed by atoms with van der Waals surface area (Å²) in [5, 5.41) is 4.52. The lowest BCUT2D eigenvalue weighted by molar-refractivity contribution is 0.374. The molecule has 1 saturated carbocycles. The maximum Gasteiger partial charge on any atom is 0.151 e. The van der Waals surface area contributed by atoms with Crippen LogP contribution in [-0.4, -0.2) is 20.8 Å². The molecule has 2 N–H and O–H groups in total. The highest BCUT2D eigenvalue weighted by molar-refractivity contribution is 5.03. The van der Waals surface area contributed by atoms with Crippen molar-refractivity contribution in [1.82, 2.24) is 14.8 Å². The van der Waals surface area contributed by atoms with E-state index in [1.807, 2.05) is 11.7 Å². The summed E-state index contributed by atoms with van der Waals surface area (Å²) in [6, 6.07) is 0.346. The molecule has 0 bridgehead atoms. The Morgan fingerprint density at radius 1 is 1.41 bits per heavy atom. The van der Waals surface area contributed by atoms with E-state index in [0.717, 1.165) is 30.9 Å². The molecule has 1 aromatic rings. The lowest BCUT2D eigenvalue weighted by Gasteiger charge is -2.25. The molecule has 17 heavy (non-hydrogen) atoms. The molecule has 4 nitrogen and oxygen atoms in total. The van der Waals surface area contributed by atoms with E-state index < -0.39 is 0 Å². The highest BCUT2D eigenvalue weighted by Crippen LogP contribution is 2.30. The molecule has 96 valence electrons. The van der Waals surface area contributed by atoms with Gasteiger partial charge in [0.1, 0.15) is 5.82 Å². The number of hydrogen-bond donors (Lipinski definition) is 1. The topological polar surface area (TPSA) is 56.7 Å². The smallest absolute Gasteiger partial charge is 0.151 e. The second-order valence-electron chi connectivity index (χ2n) is 5.73. The maximum absolute atomic E-state index is 6.04. The van der Waals surface area contributed by atoms with Crippen LogP contribution >= 0.6 is 0 Å². The summed E-state index contributed by atoms with van der Waals surface area (Å²) in [4.78, 5) is 4.70. The zero-order valence-electron chi connectivity index (χ0n) is 11.2. The van der Waals surface area contributed by atoms with Crippen molar-refractivity contribution < 1.29 is 0 Å². The van der Waals surface area contributed by atoms with Crippen LogP contribution < -0.4 is 5.73 Å². The first-order valence-electron chi connectivity index (χ1n) is 6.71. The van der Waals surface area contributed by atoms with Gasteiger partial charge in [-0.1, -0.05) is 20.3 Å². The molecule has 0 spiro atoms. The molecule has 0 aliphatic heterocycles. The van der Waals surface area contributed by atoms with Gasteiger partial charge >= 0.3 is 0 Å². The molecule has 1 heterocycles. The van der Waals surface area contributed by atoms with Gasteiger partial charge in [0, 0.05) is 25.4 Å². The summed E-state index contributed by atoms with van der Waals surface area (Å²) < 4.78 is 1.96. The molecule has 4 heteroatoms. The average Bonchev–Trinajstić information content (AvgIpc) is 2.58. The predicted octanol–water partition coefficient (Wildman–Crippen LogP) is 2.00. The molecule has 0 aromatic carbocycles. The molecular formula is C13H24N4. The van der Waals surface area contributed by atoms with E-state index in [1.165, 1.54) is 12.8 Å². The summed E-state index contributed by atoms with van der Waals surface area (Å²) in [5.41, 5.74) is 6.04. The van der Waals surface area contributed by atoms with Crippen molar-refractivity contribution in [3.8, 4) is 0 Å². The monoisotopic (exact) mass is 236 g/mol. The standard InChI is InChI=1S/C13H24N4/c1-9(2)7-12-15-13(17(3)16-12)10-5-4-6-11(14)8-10/h9-11H,4-8,14H2,1-3H3. The Kier molecular flexibility index (Phi) is 3.82. The van der Waals surface area contributed by atoms with E-state index in [1.54, 1.807) is 0 Å². The van der Waals surface area contributed by atoms with E-state index in [-0.39, 0.29) is 0 Å². The van der Waals surface area contributed by atoms with Gasteiger partial charge < -0.3 is 5.73 Å². The first-order chi connectivity index (χ1) is 8.06. The van der Waals surface area contributed by atoms with E-state index in [2.05, 4.69) is 18.9 Å². The second-order valence-corrected chi connectivity index (χ2v) is 5.73. The van der Waals surface area contributed by atoms with Gasteiger partial charge in [0.15, 0.2) is 5.82 Å². The fourth-order valence-corrected chi connectivity index (χ4v) is 2.72. The van der Waals surface area contributed by atoms with Gasteiger partial charge in [-0.05, 0) is 25.2 Å². The van der Waals surface area contributed by atoms with Crippen LogP contribution in [-0.2, 0) is 13.5 Å².